The van der Waals surface area contributed by atoms with Crippen LogP contribution in [0.2, 0.25) is 0 Å². The fraction of sp³-hybridized carbons (Fsp3) is 0.0769. The number of carbonyl (C=O) groups excluding carboxylic acids is 4. The molecular weight excluding hydrogens is 512 g/mol. The number of carbonyl (C=O) groups is 6. The Morgan fingerprint density at radius 1 is 0.718 bits per heavy atom. The number of hydrogen-bond donors (Lipinski definition) is 5. The number of benzene rings is 3. The zero-order valence-corrected chi connectivity index (χ0v) is 20.4. The number of ether oxygens (including phenoxy) is 1. The molecule has 5 N–H and O–H groups in total. The maximum atomic E-state index is 13.7. The summed E-state index contributed by atoms with van der Waals surface area (Å²) in [5, 5.41) is 25.0. The number of fused-ring (bicyclic) bond motifs is 1. The van der Waals surface area contributed by atoms with Crippen LogP contribution < -0.4 is 20.9 Å². The van der Waals surface area contributed by atoms with Gasteiger partial charge in [-0.05, 0) is 67.4 Å². The molecule has 3 aromatic carbocycles. The van der Waals surface area contributed by atoms with Crippen LogP contribution >= 0.6 is 0 Å². The van der Waals surface area contributed by atoms with Crippen molar-refractivity contribution < 1.29 is 43.7 Å². The summed E-state index contributed by atoms with van der Waals surface area (Å²) in [6.45, 7) is 3.24. The molecule has 4 rings (SSSR count). The predicted molar refractivity (Wildman–Crippen MR) is 138 cm³/mol. The second-order valence-corrected chi connectivity index (χ2v) is 8.40. The monoisotopic (exact) mass is 532 g/mol. The van der Waals surface area contributed by atoms with Gasteiger partial charge in [-0.15, -0.1) is 0 Å². The predicted octanol–water partition coefficient (Wildman–Crippen LogP) is 4.67. The number of hydrogen-bond acceptors (Lipinski definition) is 7. The van der Waals surface area contributed by atoms with Crippen LogP contribution in [-0.2, 0) is 4.74 Å². The topological polar surface area (TPSA) is 191 Å². The van der Waals surface area contributed by atoms with Gasteiger partial charge in [0.25, 0.3) is 5.91 Å². The molecule has 0 bridgehead atoms. The number of carboxylic acid groups (broad SMARTS) is 2. The lowest BCUT2D eigenvalue weighted by Crippen LogP contribution is -2.41. The molecular formula is C26H20N4O9. The summed E-state index contributed by atoms with van der Waals surface area (Å²) in [5.41, 5.74) is 1.08. The molecule has 0 aromatic heterocycles. The molecule has 0 unspecified atom stereocenters. The van der Waals surface area contributed by atoms with E-state index in [1.165, 1.54) is 42.5 Å². The van der Waals surface area contributed by atoms with Crippen LogP contribution in [0.3, 0.4) is 0 Å². The summed E-state index contributed by atoms with van der Waals surface area (Å²) in [7, 11) is 0. The molecule has 0 saturated carbocycles. The lowest BCUT2D eigenvalue weighted by atomic mass is 10.0. The first-order valence-corrected chi connectivity index (χ1v) is 11.2. The van der Waals surface area contributed by atoms with Gasteiger partial charge in [-0.25, -0.2) is 28.9 Å². The Labute approximate surface area is 220 Å². The summed E-state index contributed by atoms with van der Waals surface area (Å²) in [4.78, 5) is 74.2. The highest BCUT2D eigenvalue weighted by Gasteiger charge is 2.33. The van der Waals surface area contributed by atoms with Gasteiger partial charge >= 0.3 is 30.2 Å². The van der Waals surface area contributed by atoms with E-state index in [2.05, 4.69) is 20.7 Å². The largest absolute Gasteiger partial charge is 0.465 e. The molecule has 198 valence electrons. The fourth-order valence-corrected chi connectivity index (χ4v) is 3.84. The van der Waals surface area contributed by atoms with Crippen LogP contribution in [0.15, 0.2) is 54.6 Å². The maximum absolute atomic E-state index is 13.7. The zero-order chi connectivity index (χ0) is 28.4. The van der Waals surface area contributed by atoms with Gasteiger partial charge in [-0.1, -0.05) is 12.1 Å². The van der Waals surface area contributed by atoms with Crippen molar-refractivity contribution in [1.29, 1.82) is 0 Å². The first kappa shape index (κ1) is 26.3. The molecule has 0 radical (unpaired) electrons. The Morgan fingerprint density at radius 3 is 1.95 bits per heavy atom. The van der Waals surface area contributed by atoms with Crippen molar-refractivity contribution in [2.24, 2.45) is 0 Å². The van der Waals surface area contributed by atoms with E-state index in [9.17, 15) is 28.8 Å². The summed E-state index contributed by atoms with van der Waals surface area (Å²) in [6.07, 6.45) is -2.69. The minimum atomic E-state index is -1.37. The first-order chi connectivity index (χ1) is 18.4. The van der Waals surface area contributed by atoms with Gasteiger partial charge in [-0.3, -0.25) is 15.4 Å². The van der Waals surface area contributed by atoms with E-state index in [1.807, 2.05) is 0 Å². The number of amides is 5. The lowest BCUT2D eigenvalue weighted by Gasteiger charge is -2.24. The van der Waals surface area contributed by atoms with Crippen molar-refractivity contribution in [3.05, 3.63) is 82.4 Å². The highest BCUT2D eigenvalue weighted by atomic mass is 16.6. The molecule has 0 atom stereocenters. The molecule has 0 spiro atoms. The number of urea groups is 1. The van der Waals surface area contributed by atoms with E-state index in [0.717, 1.165) is 11.0 Å². The van der Waals surface area contributed by atoms with Crippen LogP contribution in [0, 0.1) is 13.8 Å². The SMILES string of the molecule is Cc1ccc(NC(=O)O)cc1NC(=O)N(C(=O)c1ccc2c(c1)C(=O)OC2=O)c1cc(NC(=O)O)ccc1C. The van der Waals surface area contributed by atoms with Crippen molar-refractivity contribution in [3.8, 4) is 0 Å². The minimum absolute atomic E-state index is 0.0142. The smallest absolute Gasteiger partial charge is 0.409 e. The van der Waals surface area contributed by atoms with E-state index in [4.69, 9.17) is 10.2 Å². The Bertz CT molecular complexity index is 1580. The summed E-state index contributed by atoms with van der Waals surface area (Å²) in [6, 6.07) is 11.2. The normalized spacial score (nSPS) is 11.7. The number of imide groups is 1. The second-order valence-electron chi connectivity index (χ2n) is 8.40. The van der Waals surface area contributed by atoms with Crippen molar-refractivity contribution in [1.82, 2.24) is 0 Å². The molecule has 3 aromatic rings. The van der Waals surface area contributed by atoms with Crippen LogP contribution in [0.5, 0.6) is 0 Å². The van der Waals surface area contributed by atoms with Gasteiger partial charge in [0.05, 0.1) is 16.8 Å². The standard InChI is InChI=1S/C26H20N4O9/c1-12-3-6-15(27-25(35)36)10-19(12)29-24(34)30(20-11-16(28-26(37)38)7-4-13(20)2)21(31)14-5-8-17-18(9-14)23(33)39-22(17)32/h3-11,27-28H,1-2H3,(H,29,34)(H,35,36)(H,37,38). The molecule has 0 aliphatic carbocycles. The number of anilines is 4. The summed E-state index contributed by atoms with van der Waals surface area (Å²) < 4.78 is 4.57. The number of nitrogens with one attached hydrogen (secondary N) is 3. The number of esters is 2. The van der Waals surface area contributed by atoms with Gasteiger partial charge in [0.2, 0.25) is 0 Å². The van der Waals surface area contributed by atoms with Crippen molar-refractivity contribution >= 4 is 58.8 Å². The quantitative estimate of drug-likeness (QED) is 0.229. The molecule has 1 aliphatic rings. The molecule has 13 heteroatoms. The molecule has 0 fully saturated rings. The average molecular weight is 532 g/mol. The number of cyclic esters (lactones) is 2. The van der Waals surface area contributed by atoms with Gasteiger partial charge in [0.1, 0.15) is 0 Å². The third kappa shape index (κ3) is 5.51. The second kappa shape index (κ2) is 10.3. The van der Waals surface area contributed by atoms with E-state index >= 15 is 0 Å². The minimum Gasteiger partial charge on any atom is -0.465 e. The Kier molecular flexibility index (Phi) is 6.98. The van der Waals surface area contributed by atoms with E-state index in [-0.39, 0.29) is 39.4 Å². The van der Waals surface area contributed by atoms with Crippen LogP contribution in [0.4, 0.5) is 37.1 Å². The Morgan fingerprint density at radius 2 is 1.31 bits per heavy atom. The van der Waals surface area contributed by atoms with Crippen LogP contribution in [-0.4, -0.2) is 46.3 Å². The molecule has 39 heavy (non-hydrogen) atoms. The highest BCUT2D eigenvalue weighted by Crippen LogP contribution is 2.29. The van der Waals surface area contributed by atoms with Crippen molar-refractivity contribution in [2.45, 2.75) is 13.8 Å². The van der Waals surface area contributed by atoms with E-state index in [1.54, 1.807) is 19.9 Å². The number of aryl methyl sites for hydroxylation is 2. The number of nitrogens with zero attached hydrogens (tertiary/aromatic N) is 1. The van der Waals surface area contributed by atoms with E-state index in [0.29, 0.717) is 11.1 Å². The van der Waals surface area contributed by atoms with Crippen LogP contribution in [0.25, 0.3) is 0 Å². The third-order valence-electron chi connectivity index (χ3n) is 5.73. The molecule has 0 saturated heterocycles. The maximum Gasteiger partial charge on any atom is 0.409 e. The van der Waals surface area contributed by atoms with Crippen molar-refractivity contribution in [2.75, 3.05) is 20.9 Å². The first-order valence-electron chi connectivity index (χ1n) is 11.2. The molecule has 13 nitrogen and oxygen atoms in total. The zero-order valence-electron chi connectivity index (χ0n) is 20.4. The fourth-order valence-electron chi connectivity index (χ4n) is 3.84. The Balaban J connectivity index is 1.79. The lowest BCUT2D eigenvalue weighted by molar-refractivity contribution is 0.0443. The van der Waals surface area contributed by atoms with Crippen molar-refractivity contribution in [3.63, 3.8) is 0 Å². The third-order valence-corrected chi connectivity index (χ3v) is 5.73. The average Bonchev–Trinajstić information content (AvgIpc) is 3.15. The molecule has 5 amide bonds. The molecule has 1 heterocycles. The molecule has 1 aliphatic heterocycles. The van der Waals surface area contributed by atoms with Gasteiger partial charge in [0, 0.05) is 22.6 Å². The Hall–Kier alpha value is -5.72. The highest BCUT2D eigenvalue weighted by molar-refractivity contribution is 6.25. The van der Waals surface area contributed by atoms with E-state index < -0.39 is 36.1 Å². The van der Waals surface area contributed by atoms with Gasteiger partial charge < -0.3 is 20.3 Å². The summed E-state index contributed by atoms with van der Waals surface area (Å²) >= 11 is 0. The van der Waals surface area contributed by atoms with Crippen LogP contribution in [0.1, 0.15) is 42.2 Å². The van der Waals surface area contributed by atoms with Gasteiger partial charge in [-0.2, -0.15) is 0 Å². The summed E-state index contributed by atoms with van der Waals surface area (Å²) in [5.74, 6) is -2.71. The number of rotatable bonds is 5. The van der Waals surface area contributed by atoms with Gasteiger partial charge in [0.15, 0.2) is 0 Å².